The van der Waals surface area contributed by atoms with Crippen molar-refractivity contribution in [3.63, 3.8) is 0 Å². The first-order valence-electron chi connectivity index (χ1n) is 14.2. The van der Waals surface area contributed by atoms with Crippen molar-refractivity contribution < 1.29 is 28.8 Å². The lowest BCUT2D eigenvalue weighted by Crippen LogP contribution is -2.60. The van der Waals surface area contributed by atoms with Gasteiger partial charge in [0.15, 0.2) is 0 Å². The summed E-state index contributed by atoms with van der Waals surface area (Å²) < 4.78 is 0. The van der Waals surface area contributed by atoms with Gasteiger partial charge in [-0.25, -0.2) is 9.78 Å². The van der Waals surface area contributed by atoms with Crippen LogP contribution in [-0.4, -0.2) is 75.9 Å². The van der Waals surface area contributed by atoms with Gasteiger partial charge >= 0.3 is 6.03 Å². The number of hydrogen-bond acceptors (Lipinski definition) is 7. The summed E-state index contributed by atoms with van der Waals surface area (Å²) in [7, 11) is 0. The van der Waals surface area contributed by atoms with Crippen molar-refractivity contribution in [1.29, 1.82) is 0 Å². The third-order valence-corrected chi connectivity index (χ3v) is 7.54. The highest BCUT2D eigenvalue weighted by molar-refractivity contribution is 6.37. The van der Waals surface area contributed by atoms with Crippen LogP contribution in [0, 0.1) is 18.3 Å². The van der Waals surface area contributed by atoms with Gasteiger partial charge in [0, 0.05) is 12.2 Å². The summed E-state index contributed by atoms with van der Waals surface area (Å²) in [6, 6.07) is 0.623. The molecule has 3 unspecified atom stereocenters. The Kier molecular flexibility index (Phi) is 10.2. The summed E-state index contributed by atoms with van der Waals surface area (Å²) >= 11 is 0. The van der Waals surface area contributed by atoms with Crippen molar-refractivity contribution >= 4 is 35.3 Å². The van der Waals surface area contributed by atoms with Crippen LogP contribution in [0.25, 0.3) is 0 Å². The molecule has 2 heterocycles. The molecular weight excluding hydrogens is 528 g/mol. The molecule has 1 saturated heterocycles. The number of hydrogen-bond donors (Lipinski definition) is 4. The number of primary amides is 1. The fourth-order valence-corrected chi connectivity index (χ4v) is 5.02. The minimum absolute atomic E-state index is 0.237. The molecule has 1 saturated carbocycles. The van der Waals surface area contributed by atoms with Gasteiger partial charge in [-0.15, -0.1) is 0 Å². The summed E-state index contributed by atoms with van der Waals surface area (Å²) in [5.74, 6) is -3.04. The summed E-state index contributed by atoms with van der Waals surface area (Å²) in [5, 5.41) is 8.05. The first-order valence-corrected chi connectivity index (χ1v) is 14.2. The number of pyridine rings is 1. The maximum Gasteiger partial charge on any atom is 0.316 e. The molecule has 12 nitrogen and oxygen atoms in total. The van der Waals surface area contributed by atoms with Gasteiger partial charge < -0.3 is 26.6 Å². The number of ketones is 2. The summed E-state index contributed by atoms with van der Waals surface area (Å²) in [6.45, 7) is 9.19. The van der Waals surface area contributed by atoms with E-state index in [1.54, 1.807) is 52.8 Å². The largest absolute Gasteiger partial charge is 0.363 e. The second-order valence-electron chi connectivity index (χ2n) is 12.1. The van der Waals surface area contributed by atoms with Crippen LogP contribution in [0.4, 0.5) is 4.79 Å². The monoisotopic (exact) mass is 570 g/mol. The van der Waals surface area contributed by atoms with Gasteiger partial charge in [0.2, 0.25) is 23.4 Å². The Hall–Kier alpha value is -3.83. The summed E-state index contributed by atoms with van der Waals surface area (Å²) in [6.07, 6.45) is 3.41. The number of Topliss-reactive ketones (excluding diaryl/α,β-unsaturated/α-hetero) is 2. The molecule has 0 bridgehead atoms. The Bertz CT molecular complexity index is 1190. The minimum Gasteiger partial charge on any atom is -0.363 e. The molecule has 2 fully saturated rings. The van der Waals surface area contributed by atoms with E-state index >= 15 is 0 Å². The summed E-state index contributed by atoms with van der Waals surface area (Å²) in [5.41, 5.74) is 5.38. The van der Waals surface area contributed by atoms with Gasteiger partial charge in [0.1, 0.15) is 17.8 Å². The molecule has 5 N–H and O–H groups in total. The van der Waals surface area contributed by atoms with E-state index in [-0.39, 0.29) is 17.4 Å². The van der Waals surface area contributed by atoms with Crippen molar-refractivity contribution in [3.8, 4) is 0 Å². The van der Waals surface area contributed by atoms with Crippen LogP contribution in [0.15, 0.2) is 18.2 Å². The molecule has 0 aromatic carbocycles. The third-order valence-electron chi connectivity index (χ3n) is 7.54. The lowest BCUT2D eigenvalue weighted by Gasteiger charge is -2.36. The zero-order chi connectivity index (χ0) is 30.5. The molecule has 4 atom stereocenters. The molecule has 224 valence electrons. The SMILES string of the molecule is CCC(NC(=O)NC(C(=O)N1CCC[C@H]1C(=O)NC(CC1CC1)C(=O)C(N)=O)C(C)(C)C)C(=O)c1cccc(C)n1. The number of nitrogens with zero attached hydrogens (tertiary/aromatic N) is 2. The predicted molar refractivity (Wildman–Crippen MR) is 151 cm³/mol. The van der Waals surface area contributed by atoms with Crippen LogP contribution >= 0.6 is 0 Å². The highest BCUT2D eigenvalue weighted by Crippen LogP contribution is 2.34. The molecule has 0 spiro atoms. The van der Waals surface area contributed by atoms with E-state index in [9.17, 15) is 28.8 Å². The van der Waals surface area contributed by atoms with Crippen LogP contribution < -0.4 is 21.7 Å². The number of rotatable bonds is 12. The molecule has 12 heteroatoms. The van der Waals surface area contributed by atoms with E-state index in [0.29, 0.717) is 37.9 Å². The average Bonchev–Trinajstić information content (AvgIpc) is 3.59. The summed E-state index contributed by atoms with van der Waals surface area (Å²) in [4.78, 5) is 82.7. The zero-order valence-corrected chi connectivity index (χ0v) is 24.5. The number of nitrogens with one attached hydrogen (secondary N) is 3. The maximum absolute atomic E-state index is 13.8. The molecule has 5 amide bonds. The van der Waals surface area contributed by atoms with Crippen LogP contribution in [0.5, 0.6) is 0 Å². The van der Waals surface area contributed by atoms with Gasteiger partial charge in [0.05, 0.1) is 12.1 Å². The fourth-order valence-electron chi connectivity index (χ4n) is 5.02. The molecule has 2 aliphatic rings. The Balaban J connectivity index is 1.71. The van der Waals surface area contributed by atoms with Crippen LogP contribution in [0.1, 0.15) is 82.4 Å². The third kappa shape index (κ3) is 8.34. The van der Waals surface area contributed by atoms with Gasteiger partial charge in [-0.3, -0.25) is 24.0 Å². The van der Waals surface area contributed by atoms with Crippen LogP contribution in [0.3, 0.4) is 0 Å². The lowest BCUT2D eigenvalue weighted by molar-refractivity contribution is -0.143. The molecule has 1 aliphatic carbocycles. The van der Waals surface area contributed by atoms with Gasteiger partial charge in [0.25, 0.3) is 5.91 Å². The van der Waals surface area contributed by atoms with E-state index < -0.39 is 59.1 Å². The minimum atomic E-state index is -1.11. The topological polar surface area (TPSA) is 181 Å². The number of carbonyl (C=O) groups is 6. The number of nitrogens with two attached hydrogens (primary N) is 1. The number of carbonyl (C=O) groups excluding carboxylic acids is 6. The van der Waals surface area contributed by atoms with E-state index in [2.05, 4.69) is 20.9 Å². The van der Waals surface area contributed by atoms with E-state index in [0.717, 1.165) is 12.8 Å². The highest BCUT2D eigenvalue weighted by atomic mass is 16.2. The second kappa shape index (κ2) is 13.2. The quantitative estimate of drug-likeness (QED) is 0.216. The lowest BCUT2D eigenvalue weighted by atomic mass is 9.85. The van der Waals surface area contributed by atoms with Crippen LogP contribution in [-0.2, 0) is 19.2 Å². The van der Waals surface area contributed by atoms with Gasteiger partial charge in [-0.2, -0.15) is 0 Å². The molecule has 3 rings (SSSR count). The van der Waals surface area contributed by atoms with E-state index in [1.165, 1.54) is 4.90 Å². The maximum atomic E-state index is 13.8. The van der Waals surface area contributed by atoms with E-state index in [4.69, 9.17) is 5.73 Å². The average molecular weight is 571 g/mol. The van der Waals surface area contributed by atoms with Crippen molar-refractivity contribution in [2.75, 3.05) is 6.54 Å². The van der Waals surface area contributed by atoms with Crippen molar-refractivity contribution in [3.05, 3.63) is 29.6 Å². The molecule has 0 radical (unpaired) electrons. The predicted octanol–water partition coefficient (Wildman–Crippen LogP) is 1.40. The van der Waals surface area contributed by atoms with Gasteiger partial charge in [-0.1, -0.05) is 46.6 Å². The van der Waals surface area contributed by atoms with Gasteiger partial charge in [-0.05, 0) is 56.1 Å². The Labute approximate surface area is 240 Å². The number of likely N-dealkylation sites (tertiary alicyclic amines) is 1. The van der Waals surface area contributed by atoms with Crippen molar-refractivity contribution in [2.45, 2.75) is 97.3 Å². The van der Waals surface area contributed by atoms with Crippen molar-refractivity contribution in [2.24, 2.45) is 17.1 Å². The van der Waals surface area contributed by atoms with Crippen LogP contribution in [0.2, 0.25) is 0 Å². The Morgan fingerprint density at radius 2 is 1.71 bits per heavy atom. The molecular formula is C29H42N6O6. The highest BCUT2D eigenvalue weighted by Gasteiger charge is 2.43. The Morgan fingerprint density at radius 3 is 2.27 bits per heavy atom. The second-order valence-corrected chi connectivity index (χ2v) is 12.1. The Morgan fingerprint density at radius 1 is 1.02 bits per heavy atom. The number of aromatic nitrogens is 1. The number of aryl methyl sites for hydroxylation is 1. The number of urea groups is 1. The standard InChI is InChI=1S/C29H42N6O6/c1-6-18(22(36)19-10-7-9-16(2)31-19)33-28(41)34-24(29(3,4)5)27(40)35-14-8-11-21(35)26(39)32-20(15-17-12-13-17)23(37)25(30)38/h7,9-10,17-18,20-21,24H,6,8,11-15H2,1-5H3,(H2,30,38)(H,32,39)(H2,33,34,41)/t18?,20?,21-,24?/m0/s1. The first-order chi connectivity index (χ1) is 19.2. The van der Waals surface area contributed by atoms with E-state index in [1.807, 2.05) is 0 Å². The normalized spacial score (nSPS) is 19.0. The fraction of sp³-hybridized carbons (Fsp3) is 0.621. The molecule has 1 aromatic heterocycles. The van der Waals surface area contributed by atoms with Crippen molar-refractivity contribution in [1.82, 2.24) is 25.8 Å². The molecule has 1 aromatic rings. The number of amides is 5. The zero-order valence-electron chi connectivity index (χ0n) is 24.5. The smallest absolute Gasteiger partial charge is 0.316 e. The first kappa shape index (κ1) is 31.7. The molecule has 41 heavy (non-hydrogen) atoms. The molecule has 1 aliphatic heterocycles.